The van der Waals surface area contributed by atoms with Crippen LogP contribution in [0.15, 0.2) is 72.9 Å². The standard InChI is InChI=1S/C69H122O6/c1-4-7-10-13-16-19-22-25-28-30-32-33-34-35-37-38-41-44-47-50-53-56-59-62-68(71)74-65-66(64-73-67(70)61-58-55-52-49-46-43-40-27-24-21-18-15-12-9-6-3)75-69(72)63-60-57-54-51-48-45-42-39-36-31-29-26-23-20-17-14-11-8-5-2/h9,12,17-18,20-21,26-27,29-30,32,40,66H,4-8,10-11,13-16,19,22-25,28,31,33-39,41-65H2,1-3H3/b12-9-,20-17-,21-18-,29-26-,32-30-,40-27-. The number of hydrogen-bond donors (Lipinski definition) is 0. The van der Waals surface area contributed by atoms with E-state index in [9.17, 15) is 14.4 Å². The highest BCUT2D eigenvalue weighted by Crippen LogP contribution is 2.17. The van der Waals surface area contributed by atoms with Crippen molar-refractivity contribution in [1.82, 2.24) is 0 Å². The molecule has 0 radical (unpaired) electrons. The van der Waals surface area contributed by atoms with Gasteiger partial charge in [0, 0.05) is 19.3 Å². The maximum Gasteiger partial charge on any atom is 0.306 e. The molecule has 0 aromatic heterocycles. The zero-order valence-corrected chi connectivity index (χ0v) is 49.8. The minimum absolute atomic E-state index is 0.0816. The molecule has 0 aliphatic heterocycles. The van der Waals surface area contributed by atoms with Crippen LogP contribution < -0.4 is 0 Å². The maximum absolute atomic E-state index is 12.9. The molecular weight excluding hydrogens is 925 g/mol. The van der Waals surface area contributed by atoms with Gasteiger partial charge in [-0.2, -0.15) is 0 Å². The zero-order chi connectivity index (χ0) is 54.3. The molecule has 0 fully saturated rings. The van der Waals surface area contributed by atoms with Crippen molar-refractivity contribution >= 4 is 17.9 Å². The van der Waals surface area contributed by atoms with Gasteiger partial charge in [-0.15, -0.1) is 0 Å². The fourth-order valence-corrected chi connectivity index (χ4v) is 9.31. The molecule has 1 atom stereocenters. The molecule has 0 heterocycles. The Hall–Kier alpha value is -3.15. The fraction of sp³-hybridized carbons (Fsp3) is 0.783. The van der Waals surface area contributed by atoms with Crippen LogP contribution >= 0.6 is 0 Å². The van der Waals surface area contributed by atoms with E-state index >= 15 is 0 Å². The molecule has 0 aromatic rings. The first kappa shape index (κ1) is 71.8. The third-order valence-corrected chi connectivity index (χ3v) is 14.2. The van der Waals surface area contributed by atoms with Crippen LogP contribution in [0.1, 0.15) is 329 Å². The van der Waals surface area contributed by atoms with E-state index < -0.39 is 6.10 Å². The summed E-state index contributed by atoms with van der Waals surface area (Å²) in [5.41, 5.74) is 0. The maximum atomic E-state index is 12.9. The highest BCUT2D eigenvalue weighted by molar-refractivity contribution is 5.71. The number of allylic oxidation sites excluding steroid dienone is 12. The summed E-state index contributed by atoms with van der Waals surface area (Å²) in [6.07, 6.45) is 81.9. The van der Waals surface area contributed by atoms with Gasteiger partial charge in [-0.25, -0.2) is 0 Å². The average Bonchev–Trinajstić information content (AvgIpc) is 3.41. The Balaban J connectivity index is 4.34. The molecule has 0 saturated heterocycles. The van der Waals surface area contributed by atoms with E-state index in [1.54, 1.807) is 0 Å². The van der Waals surface area contributed by atoms with Crippen molar-refractivity contribution in [3.63, 3.8) is 0 Å². The molecule has 0 bridgehead atoms. The summed E-state index contributed by atoms with van der Waals surface area (Å²) < 4.78 is 16.9. The molecule has 0 rings (SSSR count). The summed E-state index contributed by atoms with van der Waals surface area (Å²) in [6, 6.07) is 0. The van der Waals surface area contributed by atoms with Gasteiger partial charge in [0.05, 0.1) is 0 Å². The summed E-state index contributed by atoms with van der Waals surface area (Å²) in [4.78, 5) is 38.3. The van der Waals surface area contributed by atoms with Gasteiger partial charge >= 0.3 is 17.9 Å². The average molecular weight is 1050 g/mol. The molecular formula is C69H122O6. The highest BCUT2D eigenvalue weighted by Gasteiger charge is 2.19. The SMILES string of the molecule is CC/C=C\C/C=C\C/C=C\CCCCCCCC(=O)OCC(COC(=O)CCCCCCCCCCCCC/C=C\CCCCCCCCCC)OC(=O)CCCCCCCCCCC/C=C\C/C=C\CCCCC. The Morgan fingerprint density at radius 2 is 0.520 bits per heavy atom. The number of esters is 3. The van der Waals surface area contributed by atoms with E-state index in [1.165, 1.54) is 186 Å². The smallest absolute Gasteiger partial charge is 0.306 e. The van der Waals surface area contributed by atoms with Crippen LogP contribution in [-0.4, -0.2) is 37.2 Å². The lowest BCUT2D eigenvalue weighted by molar-refractivity contribution is -0.167. The van der Waals surface area contributed by atoms with Crippen molar-refractivity contribution in [2.24, 2.45) is 0 Å². The summed E-state index contributed by atoms with van der Waals surface area (Å²) >= 11 is 0. The molecule has 6 heteroatoms. The second-order valence-corrected chi connectivity index (χ2v) is 21.6. The molecule has 6 nitrogen and oxygen atoms in total. The predicted molar refractivity (Wildman–Crippen MR) is 325 cm³/mol. The highest BCUT2D eigenvalue weighted by atomic mass is 16.6. The number of carbonyl (C=O) groups is 3. The number of unbranched alkanes of at least 4 members (excludes halogenated alkanes) is 36. The summed E-state index contributed by atoms with van der Waals surface area (Å²) in [7, 11) is 0. The normalized spacial score (nSPS) is 12.5. The monoisotopic (exact) mass is 1050 g/mol. The number of rotatable bonds is 59. The quantitative estimate of drug-likeness (QED) is 0.0261. The van der Waals surface area contributed by atoms with Gasteiger partial charge in [0.1, 0.15) is 13.2 Å². The lowest BCUT2D eigenvalue weighted by Gasteiger charge is -2.18. The Bertz CT molecular complexity index is 1390. The van der Waals surface area contributed by atoms with Crippen molar-refractivity contribution < 1.29 is 28.6 Å². The van der Waals surface area contributed by atoms with Gasteiger partial charge in [-0.3, -0.25) is 14.4 Å². The summed E-state index contributed by atoms with van der Waals surface area (Å²) in [5.74, 6) is -0.889. The van der Waals surface area contributed by atoms with Crippen molar-refractivity contribution in [3.8, 4) is 0 Å². The molecule has 0 aliphatic rings. The minimum atomic E-state index is -0.786. The zero-order valence-electron chi connectivity index (χ0n) is 49.8. The van der Waals surface area contributed by atoms with Crippen LogP contribution in [0.25, 0.3) is 0 Å². The minimum Gasteiger partial charge on any atom is -0.462 e. The molecule has 0 amide bonds. The number of carbonyl (C=O) groups excluding carboxylic acids is 3. The van der Waals surface area contributed by atoms with Gasteiger partial charge in [0.15, 0.2) is 6.10 Å². The van der Waals surface area contributed by atoms with Crippen LogP contribution in [-0.2, 0) is 28.6 Å². The van der Waals surface area contributed by atoms with Crippen LogP contribution in [0.3, 0.4) is 0 Å². The van der Waals surface area contributed by atoms with E-state index in [2.05, 4.69) is 93.7 Å². The number of hydrogen-bond acceptors (Lipinski definition) is 6. The second kappa shape index (κ2) is 63.4. The Morgan fingerprint density at radius 3 is 0.853 bits per heavy atom. The van der Waals surface area contributed by atoms with Crippen molar-refractivity contribution in [3.05, 3.63) is 72.9 Å². The number of ether oxygens (including phenoxy) is 3. The van der Waals surface area contributed by atoms with Crippen LogP contribution in [0.2, 0.25) is 0 Å². The van der Waals surface area contributed by atoms with Gasteiger partial charge in [0.25, 0.3) is 0 Å². The third-order valence-electron chi connectivity index (χ3n) is 14.2. The molecule has 75 heavy (non-hydrogen) atoms. The van der Waals surface area contributed by atoms with Crippen molar-refractivity contribution in [2.45, 2.75) is 335 Å². The van der Waals surface area contributed by atoms with Crippen molar-refractivity contribution in [2.75, 3.05) is 13.2 Å². The molecule has 0 aliphatic carbocycles. The first-order valence-electron chi connectivity index (χ1n) is 32.4. The van der Waals surface area contributed by atoms with Crippen LogP contribution in [0.4, 0.5) is 0 Å². The molecule has 0 N–H and O–H groups in total. The predicted octanol–water partition coefficient (Wildman–Crippen LogP) is 22.1. The summed E-state index contributed by atoms with van der Waals surface area (Å²) in [5, 5.41) is 0. The van der Waals surface area contributed by atoms with E-state index in [-0.39, 0.29) is 31.1 Å². The van der Waals surface area contributed by atoms with Gasteiger partial charge in [0.2, 0.25) is 0 Å². The molecule has 1 unspecified atom stereocenters. The lowest BCUT2D eigenvalue weighted by Crippen LogP contribution is -2.30. The van der Waals surface area contributed by atoms with Gasteiger partial charge in [-0.1, -0.05) is 273 Å². The van der Waals surface area contributed by atoms with Crippen molar-refractivity contribution in [1.29, 1.82) is 0 Å². The first-order valence-corrected chi connectivity index (χ1v) is 32.4. The van der Waals surface area contributed by atoms with Gasteiger partial charge < -0.3 is 14.2 Å². The van der Waals surface area contributed by atoms with E-state index in [0.29, 0.717) is 19.3 Å². The molecule has 0 saturated carbocycles. The van der Waals surface area contributed by atoms with E-state index in [4.69, 9.17) is 14.2 Å². The van der Waals surface area contributed by atoms with Crippen LogP contribution in [0.5, 0.6) is 0 Å². The summed E-state index contributed by atoms with van der Waals surface area (Å²) in [6.45, 7) is 6.53. The Morgan fingerprint density at radius 1 is 0.280 bits per heavy atom. The topological polar surface area (TPSA) is 78.9 Å². The van der Waals surface area contributed by atoms with E-state index in [0.717, 1.165) is 103 Å². The first-order chi connectivity index (χ1) is 37.0. The molecule has 0 spiro atoms. The lowest BCUT2D eigenvalue weighted by atomic mass is 10.0. The largest absolute Gasteiger partial charge is 0.462 e. The third kappa shape index (κ3) is 61.6. The van der Waals surface area contributed by atoms with E-state index in [1.807, 2.05) is 0 Å². The van der Waals surface area contributed by atoms with Crippen LogP contribution in [0, 0.1) is 0 Å². The Labute approximate surface area is 465 Å². The fourth-order valence-electron chi connectivity index (χ4n) is 9.31. The van der Waals surface area contributed by atoms with Gasteiger partial charge in [-0.05, 0) is 109 Å². The molecule has 434 valence electrons. The molecule has 0 aromatic carbocycles. The second-order valence-electron chi connectivity index (χ2n) is 21.6. The Kier molecular flexibility index (Phi) is 60.7.